The number of aromatic nitrogens is 2. The van der Waals surface area contributed by atoms with Crippen molar-refractivity contribution in [2.24, 2.45) is 0 Å². The van der Waals surface area contributed by atoms with Crippen LogP contribution in [0.25, 0.3) is 0 Å². The molecule has 1 amide bonds. The van der Waals surface area contributed by atoms with Gasteiger partial charge in [0, 0.05) is 37.6 Å². The number of rotatable bonds is 7. The van der Waals surface area contributed by atoms with Crippen LogP contribution in [-0.2, 0) is 11.3 Å². The summed E-state index contributed by atoms with van der Waals surface area (Å²) in [6.45, 7) is 3.31. The molecule has 4 rings (SSSR count). The van der Waals surface area contributed by atoms with E-state index in [0.717, 1.165) is 17.9 Å². The normalized spacial score (nSPS) is 18.1. The van der Waals surface area contributed by atoms with Gasteiger partial charge in [0.1, 0.15) is 5.82 Å². The van der Waals surface area contributed by atoms with Gasteiger partial charge in [-0.2, -0.15) is 0 Å². The summed E-state index contributed by atoms with van der Waals surface area (Å²) >= 11 is 5.64. The fourth-order valence-electron chi connectivity index (χ4n) is 3.95. The summed E-state index contributed by atoms with van der Waals surface area (Å²) in [6, 6.07) is 15.8. The fourth-order valence-corrected chi connectivity index (χ4v) is 4.28. The third kappa shape index (κ3) is 4.44. The van der Waals surface area contributed by atoms with Crippen molar-refractivity contribution in [3.05, 3.63) is 84.2 Å². The Kier molecular flexibility index (Phi) is 6.27. The molecule has 8 heteroatoms. The number of carbonyl (C=O) groups is 1. The number of carbonyl (C=O) groups excluding carboxylic acids is 1. The quantitative estimate of drug-likeness (QED) is 0.546. The van der Waals surface area contributed by atoms with Crippen LogP contribution < -0.4 is 10.6 Å². The van der Waals surface area contributed by atoms with Crippen molar-refractivity contribution in [2.45, 2.75) is 32.0 Å². The van der Waals surface area contributed by atoms with Crippen LogP contribution in [0.1, 0.15) is 36.8 Å². The highest BCUT2D eigenvalue weighted by atomic mass is 32.1. The minimum Gasteiger partial charge on any atom is -0.352 e. The van der Waals surface area contributed by atoms with Crippen LogP contribution in [0.3, 0.4) is 0 Å². The van der Waals surface area contributed by atoms with Gasteiger partial charge < -0.3 is 20.1 Å². The van der Waals surface area contributed by atoms with Gasteiger partial charge in [-0.05, 0) is 55.5 Å². The maximum Gasteiger partial charge on any atom is 0.226 e. The minimum absolute atomic E-state index is 0.112. The number of para-hydroxylation sites is 1. The van der Waals surface area contributed by atoms with Crippen LogP contribution in [0.2, 0.25) is 0 Å². The van der Waals surface area contributed by atoms with Crippen LogP contribution in [-0.4, -0.2) is 32.0 Å². The molecular weight excluding hydrogens is 413 g/mol. The number of halogens is 1. The number of thiocarbonyl (C=S) groups is 1. The van der Waals surface area contributed by atoms with E-state index in [1.54, 1.807) is 24.4 Å². The lowest BCUT2D eigenvalue weighted by atomic mass is 10.0. The first-order chi connectivity index (χ1) is 15.1. The van der Waals surface area contributed by atoms with Crippen LogP contribution in [0.5, 0.6) is 0 Å². The fraction of sp³-hybridized carbons (Fsp3) is 0.261. The Balaban J connectivity index is 1.55. The number of nitrogens with zero attached hydrogens (tertiary/aromatic N) is 3. The number of hydrogen-bond acceptors (Lipinski definition) is 3. The topological polar surface area (TPSA) is 62.2 Å². The molecule has 0 unspecified atom stereocenters. The molecule has 160 valence electrons. The maximum atomic E-state index is 13.9. The summed E-state index contributed by atoms with van der Waals surface area (Å²) in [5, 5.41) is 6.60. The Morgan fingerprint density at radius 2 is 2.00 bits per heavy atom. The maximum absolute atomic E-state index is 13.9. The van der Waals surface area contributed by atoms with Gasteiger partial charge in [-0.3, -0.25) is 9.78 Å². The summed E-state index contributed by atoms with van der Waals surface area (Å²) in [5.41, 5.74) is 2.16. The minimum atomic E-state index is -0.455. The van der Waals surface area contributed by atoms with Gasteiger partial charge in [0.2, 0.25) is 5.91 Å². The zero-order valence-corrected chi connectivity index (χ0v) is 18.0. The third-order valence-electron chi connectivity index (χ3n) is 5.43. The third-order valence-corrected chi connectivity index (χ3v) is 5.79. The Morgan fingerprint density at radius 1 is 1.19 bits per heavy atom. The summed E-state index contributed by atoms with van der Waals surface area (Å²) in [4.78, 5) is 19.1. The van der Waals surface area contributed by atoms with Gasteiger partial charge in [0.05, 0.1) is 23.5 Å². The van der Waals surface area contributed by atoms with Crippen molar-refractivity contribution < 1.29 is 9.18 Å². The molecule has 2 aromatic heterocycles. The molecule has 0 radical (unpaired) electrons. The number of hydrogen-bond donors (Lipinski definition) is 2. The first kappa shape index (κ1) is 21.0. The molecule has 1 fully saturated rings. The average Bonchev–Trinajstić information content (AvgIpc) is 3.38. The van der Waals surface area contributed by atoms with Crippen LogP contribution in [0.4, 0.5) is 10.1 Å². The smallest absolute Gasteiger partial charge is 0.226 e. The second-order valence-electron chi connectivity index (χ2n) is 7.32. The lowest BCUT2D eigenvalue weighted by Gasteiger charge is -2.28. The van der Waals surface area contributed by atoms with E-state index in [1.165, 1.54) is 6.07 Å². The standard InChI is InChI=1S/C23H24FN5OS/c1-2-28-14-7-11-19(28)22-21(18-10-5-6-13-25-18)27-23(31)29(22)15-12-20(30)26-17-9-4-3-8-16(17)24/h3-11,13-14,21-22H,2,12,15H2,1H3,(H,26,30)(H,27,31)/t21-,22+/m0/s1. The van der Waals surface area contributed by atoms with Gasteiger partial charge in [-0.15, -0.1) is 0 Å². The SMILES string of the molecule is CCn1cccc1[C@@H]1[C@H](c2ccccn2)NC(=S)N1CCC(=O)Nc1ccccc1F. The first-order valence-corrected chi connectivity index (χ1v) is 10.7. The van der Waals surface area contributed by atoms with Gasteiger partial charge in [0.15, 0.2) is 5.11 Å². The Labute approximate surface area is 186 Å². The number of pyridine rings is 1. The van der Waals surface area contributed by atoms with E-state index in [1.807, 2.05) is 35.4 Å². The molecule has 1 aliphatic rings. The molecule has 1 aliphatic heterocycles. The molecular formula is C23H24FN5OS. The van der Waals surface area contributed by atoms with Crippen LogP contribution in [0.15, 0.2) is 67.0 Å². The molecule has 0 spiro atoms. The van der Waals surface area contributed by atoms with E-state index in [-0.39, 0.29) is 30.1 Å². The second kappa shape index (κ2) is 9.26. The molecule has 0 bridgehead atoms. The summed E-state index contributed by atoms with van der Waals surface area (Å²) in [6.07, 6.45) is 3.98. The Hall–Kier alpha value is -3.26. The van der Waals surface area contributed by atoms with Crippen molar-refractivity contribution in [1.29, 1.82) is 0 Å². The molecule has 0 saturated carbocycles. The molecule has 2 atom stereocenters. The van der Waals surface area contributed by atoms with E-state index in [0.29, 0.717) is 11.7 Å². The van der Waals surface area contributed by atoms with Gasteiger partial charge in [0.25, 0.3) is 0 Å². The molecule has 1 aromatic carbocycles. The van der Waals surface area contributed by atoms with Gasteiger partial charge in [-0.1, -0.05) is 18.2 Å². The predicted octanol–water partition coefficient (Wildman–Crippen LogP) is 4.04. The number of aryl methyl sites for hydroxylation is 1. The van der Waals surface area contributed by atoms with Crippen molar-refractivity contribution in [3.63, 3.8) is 0 Å². The molecule has 2 N–H and O–H groups in total. The van der Waals surface area contributed by atoms with Crippen molar-refractivity contribution in [3.8, 4) is 0 Å². The van der Waals surface area contributed by atoms with Crippen molar-refractivity contribution >= 4 is 28.9 Å². The predicted molar refractivity (Wildman–Crippen MR) is 122 cm³/mol. The summed E-state index contributed by atoms with van der Waals surface area (Å²) in [7, 11) is 0. The van der Waals surface area contributed by atoms with E-state index < -0.39 is 5.82 Å². The Morgan fingerprint density at radius 3 is 2.74 bits per heavy atom. The molecule has 3 aromatic rings. The van der Waals surface area contributed by atoms with E-state index in [4.69, 9.17) is 12.2 Å². The molecule has 0 aliphatic carbocycles. The van der Waals surface area contributed by atoms with Gasteiger partial charge in [-0.25, -0.2) is 4.39 Å². The summed E-state index contributed by atoms with van der Waals surface area (Å²) < 4.78 is 16.0. The molecule has 1 saturated heterocycles. The van der Waals surface area contributed by atoms with E-state index in [2.05, 4.69) is 33.2 Å². The van der Waals surface area contributed by atoms with Crippen LogP contribution in [0, 0.1) is 5.82 Å². The zero-order valence-electron chi connectivity index (χ0n) is 17.2. The molecule has 6 nitrogen and oxygen atoms in total. The number of benzene rings is 1. The van der Waals surface area contributed by atoms with Gasteiger partial charge >= 0.3 is 0 Å². The largest absolute Gasteiger partial charge is 0.352 e. The average molecular weight is 438 g/mol. The van der Waals surface area contributed by atoms with Crippen molar-refractivity contribution in [1.82, 2.24) is 19.8 Å². The lowest BCUT2D eigenvalue weighted by molar-refractivity contribution is -0.116. The Bertz CT molecular complexity index is 1070. The number of anilines is 1. The first-order valence-electron chi connectivity index (χ1n) is 10.3. The van der Waals surface area contributed by atoms with E-state index >= 15 is 0 Å². The highest BCUT2D eigenvalue weighted by Gasteiger charge is 2.40. The molecule has 3 heterocycles. The van der Waals surface area contributed by atoms with Crippen LogP contribution >= 0.6 is 12.2 Å². The highest BCUT2D eigenvalue weighted by molar-refractivity contribution is 7.80. The van der Waals surface area contributed by atoms with E-state index in [9.17, 15) is 9.18 Å². The molecule has 31 heavy (non-hydrogen) atoms. The lowest BCUT2D eigenvalue weighted by Crippen LogP contribution is -2.33. The van der Waals surface area contributed by atoms with Crippen molar-refractivity contribution in [2.75, 3.05) is 11.9 Å². The number of nitrogens with one attached hydrogen (secondary N) is 2. The summed E-state index contributed by atoms with van der Waals surface area (Å²) in [5.74, 6) is -0.720. The highest BCUT2D eigenvalue weighted by Crippen LogP contribution is 2.38. The zero-order chi connectivity index (χ0) is 21.8. The monoisotopic (exact) mass is 437 g/mol. The number of amides is 1. The second-order valence-corrected chi connectivity index (χ2v) is 7.70.